The lowest BCUT2D eigenvalue weighted by molar-refractivity contribution is -0.117. The number of nitrogens with one attached hydrogen (secondary N) is 1. The van der Waals surface area contributed by atoms with Gasteiger partial charge in [-0.05, 0) is 31.6 Å². The maximum Gasteiger partial charge on any atom is 0.296 e. The summed E-state index contributed by atoms with van der Waals surface area (Å²) in [4.78, 5) is 10.9. The van der Waals surface area contributed by atoms with Crippen LogP contribution < -0.4 is 5.32 Å². The smallest absolute Gasteiger partial charge is 0.296 e. The van der Waals surface area contributed by atoms with E-state index in [1.165, 1.54) is 0 Å². The van der Waals surface area contributed by atoms with Gasteiger partial charge in [0.15, 0.2) is 0 Å². The molecular weight excluding hydrogens is 138 g/mol. The van der Waals surface area contributed by atoms with Crippen LogP contribution in [-0.2, 0) is 4.79 Å². The fourth-order valence-corrected chi connectivity index (χ4v) is 1.36. The van der Waals surface area contributed by atoms with Crippen LogP contribution in [0.2, 0.25) is 0 Å². The summed E-state index contributed by atoms with van der Waals surface area (Å²) < 4.78 is 0. The number of carbonyl (C=O) groups excluding carboxylic acids is 1. The summed E-state index contributed by atoms with van der Waals surface area (Å²) >= 11 is 0. The van der Waals surface area contributed by atoms with Crippen molar-refractivity contribution in [3.63, 3.8) is 0 Å². The van der Waals surface area contributed by atoms with Crippen molar-refractivity contribution in [2.45, 2.75) is 32.7 Å². The molecule has 0 unspecified atom stereocenters. The van der Waals surface area contributed by atoms with E-state index in [1.54, 1.807) is 6.92 Å². The van der Waals surface area contributed by atoms with Gasteiger partial charge in [0.25, 0.3) is 5.91 Å². The molecule has 0 aromatic heterocycles. The highest BCUT2D eigenvalue weighted by Crippen LogP contribution is 2.25. The van der Waals surface area contributed by atoms with Gasteiger partial charge in [-0.3, -0.25) is 4.79 Å². The van der Waals surface area contributed by atoms with Crippen LogP contribution in [0.25, 0.3) is 0 Å². The average molecular weight is 151 g/mol. The van der Waals surface area contributed by atoms with E-state index in [0.29, 0.717) is 6.04 Å². The van der Waals surface area contributed by atoms with E-state index in [9.17, 15) is 4.79 Å². The summed E-state index contributed by atoms with van der Waals surface area (Å²) in [7, 11) is 0. The first-order valence-electron chi connectivity index (χ1n) is 3.95. The lowest BCUT2D eigenvalue weighted by atomic mass is 9.82. The van der Waals surface area contributed by atoms with Crippen molar-refractivity contribution in [3.8, 4) is 11.8 Å². The Morgan fingerprint density at radius 3 is 2.64 bits per heavy atom. The normalized spacial score (nSPS) is 27.8. The van der Waals surface area contributed by atoms with Crippen LogP contribution in [-0.4, -0.2) is 11.9 Å². The van der Waals surface area contributed by atoms with E-state index in [4.69, 9.17) is 0 Å². The third-order valence-corrected chi connectivity index (χ3v) is 1.95. The van der Waals surface area contributed by atoms with E-state index < -0.39 is 0 Å². The van der Waals surface area contributed by atoms with Gasteiger partial charge in [0.05, 0.1) is 0 Å². The van der Waals surface area contributed by atoms with Crippen LogP contribution in [0.1, 0.15) is 26.7 Å². The van der Waals surface area contributed by atoms with Gasteiger partial charge in [-0.2, -0.15) is 0 Å². The molecule has 0 bridgehead atoms. The van der Waals surface area contributed by atoms with Crippen LogP contribution in [0.15, 0.2) is 0 Å². The molecule has 0 heterocycles. The number of amides is 1. The van der Waals surface area contributed by atoms with Crippen molar-refractivity contribution < 1.29 is 4.79 Å². The van der Waals surface area contributed by atoms with Gasteiger partial charge in [0, 0.05) is 6.04 Å². The predicted molar refractivity (Wildman–Crippen MR) is 43.8 cm³/mol. The number of hydrogen-bond acceptors (Lipinski definition) is 1. The van der Waals surface area contributed by atoms with Crippen molar-refractivity contribution in [3.05, 3.63) is 0 Å². The molecule has 1 rings (SSSR count). The monoisotopic (exact) mass is 151 g/mol. The standard InChI is InChI=1S/C9H13NO/c1-3-4-9(11)10-8-5-7(2)6-8/h7-8H,5-6H2,1-2H3,(H,10,11). The van der Waals surface area contributed by atoms with Gasteiger partial charge in [-0.1, -0.05) is 12.8 Å². The highest BCUT2D eigenvalue weighted by atomic mass is 16.1. The Balaban J connectivity index is 2.20. The SMILES string of the molecule is CC#CC(=O)NC1CC(C)C1. The first-order valence-corrected chi connectivity index (χ1v) is 3.95. The molecule has 0 saturated heterocycles. The second kappa shape index (κ2) is 3.43. The third kappa shape index (κ3) is 2.27. The van der Waals surface area contributed by atoms with Crippen LogP contribution in [0, 0.1) is 17.8 Å². The molecule has 0 aromatic rings. The van der Waals surface area contributed by atoms with Crippen LogP contribution in [0.5, 0.6) is 0 Å². The second-order valence-corrected chi connectivity index (χ2v) is 3.12. The molecule has 1 amide bonds. The zero-order valence-corrected chi connectivity index (χ0v) is 6.98. The molecule has 11 heavy (non-hydrogen) atoms. The Morgan fingerprint density at radius 2 is 2.18 bits per heavy atom. The molecule has 0 radical (unpaired) electrons. The Bertz CT molecular complexity index is 205. The molecule has 0 spiro atoms. The molecule has 2 heteroatoms. The predicted octanol–water partition coefficient (Wildman–Crippen LogP) is 0.924. The Labute approximate surface area is 67.4 Å². The molecule has 0 aliphatic heterocycles. The van der Waals surface area contributed by atoms with E-state index in [1.807, 2.05) is 0 Å². The average Bonchev–Trinajstić information content (AvgIpc) is 1.85. The van der Waals surface area contributed by atoms with E-state index in [2.05, 4.69) is 24.1 Å². The summed E-state index contributed by atoms with van der Waals surface area (Å²) in [6, 6.07) is 0.387. The van der Waals surface area contributed by atoms with Crippen molar-refractivity contribution >= 4 is 5.91 Å². The molecule has 1 fully saturated rings. The molecule has 60 valence electrons. The Hall–Kier alpha value is -0.970. The van der Waals surface area contributed by atoms with E-state index in [0.717, 1.165) is 18.8 Å². The first kappa shape index (κ1) is 8.13. The lowest BCUT2D eigenvalue weighted by Crippen LogP contribution is -2.42. The van der Waals surface area contributed by atoms with Gasteiger partial charge in [0.1, 0.15) is 0 Å². The topological polar surface area (TPSA) is 29.1 Å². The number of hydrogen-bond donors (Lipinski definition) is 1. The summed E-state index contributed by atoms with van der Waals surface area (Å²) in [6.07, 6.45) is 2.22. The highest BCUT2D eigenvalue weighted by molar-refractivity contribution is 5.93. The van der Waals surface area contributed by atoms with Crippen LogP contribution in [0.4, 0.5) is 0 Å². The van der Waals surface area contributed by atoms with Gasteiger partial charge in [-0.15, -0.1) is 0 Å². The Kier molecular flexibility index (Phi) is 2.53. The quantitative estimate of drug-likeness (QED) is 0.555. The molecule has 2 nitrogen and oxygen atoms in total. The van der Waals surface area contributed by atoms with Gasteiger partial charge >= 0.3 is 0 Å². The van der Waals surface area contributed by atoms with Gasteiger partial charge in [-0.25, -0.2) is 0 Å². The third-order valence-electron chi connectivity index (χ3n) is 1.95. The number of rotatable bonds is 1. The van der Waals surface area contributed by atoms with Crippen LogP contribution in [0.3, 0.4) is 0 Å². The maximum atomic E-state index is 10.9. The zero-order valence-electron chi connectivity index (χ0n) is 6.98. The molecule has 1 aliphatic rings. The van der Waals surface area contributed by atoms with Crippen LogP contribution >= 0.6 is 0 Å². The van der Waals surface area contributed by atoms with Crippen molar-refractivity contribution in [1.29, 1.82) is 0 Å². The zero-order chi connectivity index (χ0) is 8.27. The van der Waals surface area contributed by atoms with Crippen molar-refractivity contribution in [1.82, 2.24) is 5.32 Å². The van der Waals surface area contributed by atoms with Gasteiger partial charge in [0.2, 0.25) is 0 Å². The fraction of sp³-hybridized carbons (Fsp3) is 0.667. The van der Waals surface area contributed by atoms with Crippen molar-refractivity contribution in [2.24, 2.45) is 5.92 Å². The Morgan fingerprint density at radius 1 is 1.55 bits per heavy atom. The highest BCUT2D eigenvalue weighted by Gasteiger charge is 2.25. The molecule has 0 aromatic carbocycles. The summed E-state index contributed by atoms with van der Waals surface area (Å²) in [5.41, 5.74) is 0. The molecule has 1 aliphatic carbocycles. The summed E-state index contributed by atoms with van der Waals surface area (Å²) in [5.74, 6) is 5.67. The molecule has 1 saturated carbocycles. The molecule has 0 atom stereocenters. The summed E-state index contributed by atoms with van der Waals surface area (Å²) in [6.45, 7) is 3.86. The second-order valence-electron chi connectivity index (χ2n) is 3.12. The first-order chi connectivity index (χ1) is 5.22. The maximum absolute atomic E-state index is 10.9. The van der Waals surface area contributed by atoms with E-state index >= 15 is 0 Å². The number of carbonyl (C=O) groups is 1. The molecule has 1 N–H and O–H groups in total. The summed E-state index contributed by atoms with van der Waals surface area (Å²) in [5, 5.41) is 2.84. The minimum atomic E-state index is -0.135. The lowest BCUT2D eigenvalue weighted by Gasteiger charge is -2.32. The van der Waals surface area contributed by atoms with E-state index in [-0.39, 0.29) is 5.91 Å². The minimum absolute atomic E-state index is 0.135. The van der Waals surface area contributed by atoms with Crippen molar-refractivity contribution in [2.75, 3.05) is 0 Å². The fourth-order valence-electron chi connectivity index (χ4n) is 1.36. The minimum Gasteiger partial charge on any atom is -0.343 e. The largest absolute Gasteiger partial charge is 0.343 e. The van der Waals surface area contributed by atoms with Gasteiger partial charge < -0.3 is 5.32 Å². The molecular formula is C9H13NO.